The molecule has 1 aromatic carbocycles. The van der Waals surface area contributed by atoms with E-state index in [-0.39, 0.29) is 23.0 Å². The molecule has 0 fully saturated rings. The van der Waals surface area contributed by atoms with Crippen LogP contribution in [-0.4, -0.2) is 21.6 Å². The van der Waals surface area contributed by atoms with Crippen molar-refractivity contribution >= 4 is 29.2 Å². The van der Waals surface area contributed by atoms with Gasteiger partial charge in [-0.1, -0.05) is 30.8 Å². The lowest BCUT2D eigenvalue weighted by Gasteiger charge is -2.06. The van der Waals surface area contributed by atoms with E-state index in [1.165, 1.54) is 11.6 Å². The van der Waals surface area contributed by atoms with E-state index < -0.39 is 0 Å². The Bertz CT molecular complexity index is 682. The average molecular weight is 304 g/mol. The van der Waals surface area contributed by atoms with E-state index in [0.29, 0.717) is 5.16 Å². The molecule has 0 unspecified atom stereocenters. The summed E-state index contributed by atoms with van der Waals surface area (Å²) in [6.45, 7) is 2.07. The van der Waals surface area contributed by atoms with Crippen molar-refractivity contribution < 1.29 is 4.79 Å². The van der Waals surface area contributed by atoms with E-state index >= 15 is 0 Å². The molecule has 0 saturated carbocycles. The number of benzene rings is 1. The summed E-state index contributed by atoms with van der Waals surface area (Å²) in [6.07, 6.45) is 0.957. The Balaban J connectivity index is 1.90. The molecule has 0 aliphatic heterocycles. The lowest BCUT2D eigenvalue weighted by molar-refractivity contribution is -0.113. The molecule has 0 aliphatic rings. The second-order valence-electron chi connectivity index (χ2n) is 4.36. The largest absolute Gasteiger partial charge is 0.383 e. The predicted octanol–water partition coefficient (Wildman–Crippen LogP) is 1.65. The van der Waals surface area contributed by atoms with Crippen molar-refractivity contribution in [3.8, 4) is 0 Å². The number of thioether (sulfide) groups is 1. The standard InChI is InChI=1S/C14H16N4O2S/c1-2-9-3-5-10(6-4-9)16-13(20)8-21-14-17-11(15)7-12(19)18-14/h3-7H,2,8H2,1H3,(H,16,20)(H3,15,17,18,19). The molecule has 0 radical (unpaired) electrons. The molecular weight excluding hydrogens is 288 g/mol. The van der Waals surface area contributed by atoms with Crippen LogP contribution in [0.2, 0.25) is 0 Å². The van der Waals surface area contributed by atoms with Gasteiger partial charge >= 0.3 is 0 Å². The van der Waals surface area contributed by atoms with E-state index in [4.69, 9.17) is 5.73 Å². The number of anilines is 2. The van der Waals surface area contributed by atoms with Crippen LogP contribution in [0.4, 0.5) is 11.5 Å². The van der Waals surface area contributed by atoms with Crippen molar-refractivity contribution in [2.45, 2.75) is 18.5 Å². The molecular formula is C14H16N4O2S. The zero-order chi connectivity index (χ0) is 15.2. The van der Waals surface area contributed by atoms with Crippen molar-refractivity contribution in [2.24, 2.45) is 0 Å². The van der Waals surface area contributed by atoms with E-state index in [1.807, 2.05) is 24.3 Å². The fourth-order valence-corrected chi connectivity index (χ4v) is 2.36. The first-order valence-electron chi connectivity index (χ1n) is 6.45. The summed E-state index contributed by atoms with van der Waals surface area (Å²) in [5, 5.41) is 3.11. The molecule has 2 rings (SSSR count). The Labute approximate surface area is 126 Å². The second-order valence-corrected chi connectivity index (χ2v) is 5.33. The number of aryl methyl sites for hydroxylation is 1. The lowest BCUT2D eigenvalue weighted by Crippen LogP contribution is -2.15. The second kappa shape index (κ2) is 6.94. The Hall–Kier alpha value is -2.28. The lowest BCUT2D eigenvalue weighted by atomic mass is 10.1. The van der Waals surface area contributed by atoms with Crippen LogP contribution < -0.4 is 16.6 Å². The van der Waals surface area contributed by atoms with Crippen molar-refractivity contribution in [2.75, 3.05) is 16.8 Å². The highest BCUT2D eigenvalue weighted by Crippen LogP contribution is 2.14. The number of rotatable bonds is 5. The van der Waals surface area contributed by atoms with Gasteiger partial charge in [0.2, 0.25) is 5.91 Å². The molecule has 1 heterocycles. The van der Waals surface area contributed by atoms with Gasteiger partial charge in [0, 0.05) is 11.8 Å². The zero-order valence-electron chi connectivity index (χ0n) is 11.6. The van der Waals surface area contributed by atoms with Crippen LogP contribution >= 0.6 is 11.8 Å². The minimum atomic E-state index is -0.333. The van der Waals surface area contributed by atoms with Gasteiger partial charge in [0.1, 0.15) is 5.82 Å². The quantitative estimate of drug-likeness (QED) is 0.576. The topological polar surface area (TPSA) is 101 Å². The minimum absolute atomic E-state index is 0.136. The first-order chi connectivity index (χ1) is 10.1. The third kappa shape index (κ3) is 4.64. The van der Waals surface area contributed by atoms with Crippen molar-refractivity contribution in [1.29, 1.82) is 0 Å². The third-order valence-electron chi connectivity index (χ3n) is 2.73. The number of nitrogen functional groups attached to an aromatic ring is 1. The third-order valence-corrected chi connectivity index (χ3v) is 3.60. The number of nitrogens with zero attached hydrogens (tertiary/aromatic N) is 1. The summed E-state index contributed by atoms with van der Waals surface area (Å²) < 4.78 is 0. The van der Waals surface area contributed by atoms with Gasteiger partial charge in [0.05, 0.1) is 5.75 Å². The number of nitrogens with one attached hydrogen (secondary N) is 2. The van der Waals surface area contributed by atoms with Crippen LogP contribution in [0.5, 0.6) is 0 Å². The van der Waals surface area contributed by atoms with Crippen LogP contribution in [0.1, 0.15) is 12.5 Å². The van der Waals surface area contributed by atoms with Gasteiger partial charge in [0.15, 0.2) is 5.16 Å². The Morgan fingerprint density at radius 1 is 1.38 bits per heavy atom. The number of nitrogens with two attached hydrogens (primary N) is 1. The number of hydrogen-bond donors (Lipinski definition) is 3. The molecule has 6 nitrogen and oxygen atoms in total. The zero-order valence-corrected chi connectivity index (χ0v) is 12.4. The summed E-state index contributed by atoms with van der Waals surface area (Å²) in [4.78, 5) is 29.5. The Morgan fingerprint density at radius 3 is 2.71 bits per heavy atom. The first-order valence-corrected chi connectivity index (χ1v) is 7.44. The van der Waals surface area contributed by atoms with E-state index in [9.17, 15) is 9.59 Å². The molecule has 110 valence electrons. The number of aromatic amines is 1. The number of H-pyrrole nitrogens is 1. The fraction of sp³-hybridized carbons (Fsp3) is 0.214. The molecule has 0 spiro atoms. The number of carbonyl (C=O) groups is 1. The maximum Gasteiger partial charge on any atom is 0.253 e. The molecule has 0 aliphatic carbocycles. The molecule has 4 N–H and O–H groups in total. The number of amides is 1. The van der Waals surface area contributed by atoms with Crippen molar-refractivity contribution in [3.63, 3.8) is 0 Å². The van der Waals surface area contributed by atoms with Gasteiger partial charge in [-0.25, -0.2) is 4.98 Å². The van der Waals surface area contributed by atoms with Gasteiger partial charge in [-0.3, -0.25) is 9.59 Å². The maximum atomic E-state index is 11.8. The molecule has 1 amide bonds. The van der Waals surface area contributed by atoms with Crippen molar-refractivity contribution in [1.82, 2.24) is 9.97 Å². The van der Waals surface area contributed by atoms with Crippen LogP contribution in [0.15, 0.2) is 40.3 Å². The molecule has 7 heteroatoms. The summed E-state index contributed by atoms with van der Waals surface area (Å²) in [5.74, 6) is 0.105. The van der Waals surface area contributed by atoms with Gasteiger partial charge in [-0.05, 0) is 24.1 Å². The monoisotopic (exact) mass is 304 g/mol. The number of hydrogen-bond acceptors (Lipinski definition) is 5. The van der Waals surface area contributed by atoms with Gasteiger partial charge in [-0.2, -0.15) is 0 Å². The number of aromatic nitrogens is 2. The molecule has 0 atom stereocenters. The summed E-state index contributed by atoms with van der Waals surface area (Å²) >= 11 is 1.13. The van der Waals surface area contributed by atoms with Crippen molar-refractivity contribution in [3.05, 3.63) is 46.2 Å². The summed E-state index contributed by atoms with van der Waals surface area (Å²) in [6, 6.07) is 8.86. The number of carbonyl (C=O) groups excluding carboxylic acids is 1. The Kier molecular flexibility index (Phi) is 4.99. The minimum Gasteiger partial charge on any atom is -0.383 e. The highest BCUT2D eigenvalue weighted by atomic mass is 32.2. The Morgan fingerprint density at radius 2 is 2.10 bits per heavy atom. The molecule has 2 aromatic rings. The molecule has 21 heavy (non-hydrogen) atoms. The molecule has 1 aromatic heterocycles. The van der Waals surface area contributed by atoms with Gasteiger partial charge < -0.3 is 16.0 Å². The predicted molar refractivity (Wildman–Crippen MR) is 84.4 cm³/mol. The molecule has 0 bridgehead atoms. The SMILES string of the molecule is CCc1ccc(NC(=O)CSc2nc(N)cc(=O)[nH]2)cc1. The van der Waals surface area contributed by atoms with Crippen LogP contribution in [0.25, 0.3) is 0 Å². The van der Waals surface area contributed by atoms with Crippen LogP contribution in [0, 0.1) is 0 Å². The summed E-state index contributed by atoms with van der Waals surface area (Å²) in [7, 11) is 0. The average Bonchev–Trinajstić information content (AvgIpc) is 2.45. The first kappa shape index (κ1) is 15.1. The highest BCUT2D eigenvalue weighted by Gasteiger charge is 2.06. The van der Waals surface area contributed by atoms with Crippen LogP contribution in [-0.2, 0) is 11.2 Å². The molecule has 0 saturated heterocycles. The van der Waals surface area contributed by atoms with Gasteiger partial charge in [0.25, 0.3) is 5.56 Å². The van der Waals surface area contributed by atoms with E-state index in [2.05, 4.69) is 22.2 Å². The smallest absolute Gasteiger partial charge is 0.253 e. The fourth-order valence-electron chi connectivity index (χ4n) is 1.68. The summed E-state index contributed by atoms with van der Waals surface area (Å²) in [5.41, 5.74) is 7.09. The van der Waals surface area contributed by atoms with E-state index in [1.54, 1.807) is 0 Å². The van der Waals surface area contributed by atoms with Gasteiger partial charge in [-0.15, -0.1) is 0 Å². The maximum absolute atomic E-state index is 11.8. The van der Waals surface area contributed by atoms with Crippen LogP contribution in [0.3, 0.4) is 0 Å². The normalized spacial score (nSPS) is 10.3. The van der Waals surface area contributed by atoms with E-state index in [0.717, 1.165) is 23.9 Å². The highest BCUT2D eigenvalue weighted by molar-refractivity contribution is 7.99.